The van der Waals surface area contributed by atoms with Gasteiger partial charge in [-0.25, -0.2) is 4.39 Å². The Balaban J connectivity index is 2.31. The lowest BCUT2D eigenvalue weighted by Crippen LogP contribution is -2.34. The van der Waals surface area contributed by atoms with E-state index in [1.54, 1.807) is 0 Å². The molecule has 1 fully saturated rings. The van der Waals surface area contributed by atoms with Crippen LogP contribution in [0.1, 0.15) is 24.8 Å². The summed E-state index contributed by atoms with van der Waals surface area (Å²) in [6.07, 6.45) is 2.09. The highest BCUT2D eigenvalue weighted by atomic mass is 19.1. The SMILES string of the molecule is COCOc1cc(OCOC)c(C2(O)CCC2)cc1F. The van der Waals surface area contributed by atoms with Crippen molar-refractivity contribution < 1.29 is 28.4 Å². The van der Waals surface area contributed by atoms with Crippen molar-refractivity contribution in [2.24, 2.45) is 0 Å². The van der Waals surface area contributed by atoms with Crippen LogP contribution >= 0.6 is 0 Å². The number of ether oxygens (including phenoxy) is 4. The second kappa shape index (κ2) is 6.39. The first-order valence-electron chi connectivity index (χ1n) is 6.40. The summed E-state index contributed by atoms with van der Waals surface area (Å²) in [5.41, 5.74) is -0.591. The largest absolute Gasteiger partial charge is 0.467 e. The Morgan fingerprint density at radius 3 is 2.20 bits per heavy atom. The van der Waals surface area contributed by atoms with Gasteiger partial charge in [0.1, 0.15) is 5.75 Å². The average molecular weight is 286 g/mol. The Labute approximate surface area is 117 Å². The third-order valence-corrected chi connectivity index (χ3v) is 3.38. The van der Waals surface area contributed by atoms with E-state index in [2.05, 4.69) is 0 Å². The molecule has 1 aliphatic carbocycles. The molecule has 0 atom stereocenters. The maximum Gasteiger partial charge on any atom is 0.188 e. The summed E-state index contributed by atoms with van der Waals surface area (Å²) in [5.74, 6) is -0.173. The van der Waals surface area contributed by atoms with Gasteiger partial charge in [0, 0.05) is 25.8 Å². The van der Waals surface area contributed by atoms with Crippen LogP contribution in [0.5, 0.6) is 11.5 Å². The van der Waals surface area contributed by atoms with Crippen molar-refractivity contribution >= 4 is 0 Å². The normalized spacial score (nSPS) is 16.6. The lowest BCUT2D eigenvalue weighted by Gasteiger charge is -2.38. The van der Waals surface area contributed by atoms with Crippen molar-refractivity contribution in [2.45, 2.75) is 24.9 Å². The zero-order valence-corrected chi connectivity index (χ0v) is 11.6. The van der Waals surface area contributed by atoms with Gasteiger partial charge in [0.15, 0.2) is 25.2 Å². The molecule has 0 heterocycles. The number of aliphatic hydroxyl groups is 1. The molecule has 0 saturated heterocycles. The molecule has 6 heteroatoms. The lowest BCUT2D eigenvalue weighted by atomic mass is 9.75. The van der Waals surface area contributed by atoms with Gasteiger partial charge < -0.3 is 24.1 Å². The van der Waals surface area contributed by atoms with Crippen LogP contribution < -0.4 is 9.47 Å². The fourth-order valence-electron chi connectivity index (χ4n) is 2.15. The number of hydrogen-bond acceptors (Lipinski definition) is 5. The molecule has 1 aliphatic rings. The van der Waals surface area contributed by atoms with Crippen molar-refractivity contribution in [3.63, 3.8) is 0 Å². The Hall–Kier alpha value is -1.37. The Morgan fingerprint density at radius 2 is 1.70 bits per heavy atom. The third kappa shape index (κ3) is 3.03. The minimum Gasteiger partial charge on any atom is -0.467 e. The zero-order chi connectivity index (χ0) is 14.6. The molecule has 112 valence electrons. The van der Waals surface area contributed by atoms with E-state index in [1.165, 1.54) is 26.4 Å². The van der Waals surface area contributed by atoms with E-state index in [9.17, 15) is 9.50 Å². The maximum atomic E-state index is 14.0. The van der Waals surface area contributed by atoms with Gasteiger partial charge >= 0.3 is 0 Å². The highest BCUT2D eigenvalue weighted by molar-refractivity contribution is 5.45. The molecule has 0 unspecified atom stereocenters. The predicted molar refractivity (Wildman–Crippen MR) is 69.2 cm³/mol. The minimum absolute atomic E-state index is 0.0123. The standard InChI is InChI=1S/C14H19FO5/c1-17-8-19-12-7-13(20-9-18-2)11(15)6-10(12)14(16)4-3-5-14/h6-7,16H,3-5,8-9H2,1-2H3. The smallest absolute Gasteiger partial charge is 0.188 e. The Bertz CT molecular complexity index is 459. The van der Waals surface area contributed by atoms with E-state index < -0.39 is 11.4 Å². The van der Waals surface area contributed by atoms with Gasteiger partial charge in [-0.1, -0.05) is 0 Å². The van der Waals surface area contributed by atoms with E-state index in [0.29, 0.717) is 24.2 Å². The minimum atomic E-state index is -1.02. The molecule has 0 aromatic heterocycles. The summed E-state index contributed by atoms with van der Waals surface area (Å²) in [4.78, 5) is 0. The summed E-state index contributed by atoms with van der Waals surface area (Å²) in [6, 6.07) is 2.67. The summed E-state index contributed by atoms with van der Waals surface area (Å²) in [6.45, 7) is -0.0529. The van der Waals surface area contributed by atoms with Crippen LogP contribution in [0.3, 0.4) is 0 Å². The zero-order valence-electron chi connectivity index (χ0n) is 11.6. The van der Waals surface area contributed by atoms with Crippen molar-refractivity contribution in [3.8, 4) is 11.5 Å². The number of halogens is 1. The first-order chi connectivity index (χ1) is 9.60. The van der Waals surface area contributed by atoms with Gasteiger partial charge in [-0.05, 0) is 25.3 Å². The first-order valence-corrected chi connectivity index (χ1v) is 6.40. The molecule has 0 aliphatic heterocycles. The fourth-order valence-corrected chi connectivity index (χ4v) is 2.15. The summed E-state index contributed by atoms with van der Waals surface area (Å²) in [7, 11) is 2.94. The van der Waals surface area contributed by atoms with Crippen LogP contribution in [-0.4, -0.2) is 32.9 Å². The molecule has 2 rings (SSSR count). The van der Waals surface area contributed by atoms with Crippen LogP contribution in [0.2, 0.25) is 0 Å². The second-order valence-electron chi connectivity index (χ2n) is 4.77. The fraction of sp³-hybridized carbons (Fsp3) is 0.571. The number of benzene rings is 1. The van der Waals surface area contributed by atoms with Gasteiger partial charge in [-0.15, -0.1) is 0 Å². The lowest BCUT2D eigenvalue weighted by molar-refractivity contribution is -0.0437. The molecule has 1 aromatic rings. The molecule has 0 radical (unpaired) electrons. The monoisotopic (exact) mass is 286 g/mol. The van der Waals surface area contributed by atoms with Crippen LogP contribution in [0.25, 0.3) is 0 Å². The third-order valence-electron chi connectivity index (χ3n) is 3.38. The van der Waals surface area contributed by atoms with Gasteiger partial charge in [-0.3, -0.25) is 0 Å². The predicted octanol–water partition coefficient (Wildman–Crippen LogP) is 2.16. The van der Waals surface area contributed by atoms with E-state index in [-0.39, 0.29) is 19.3 Å². The van der Waals surface area contributed by atoms with Crippen LogP contribution in [-0.2, 0) is 15.1 Å². The van der Waals surface area contributed by atoms with Gasteiger partial charge in [-0.2, -0.15) is 0 Å². The van der Waals surface area contributed by atoms with E-state index in [0.717, 1.165) is 6.42 Å². The van der Waals surface area contributed by atoms with E-state index >= 15 is 0 Å². The number of methoxy groups -OCH3 is 2. The molecule has 1 N–H and O–H groups in total. The summed E-state index contributed by atoms with van der Waals surface area (Å²) < 4.78 is 34.1. The average Bonchev–Trinajstić information content (AvgIpc) is 2.41. The summed E-state index contributed by atoms with van der Waals surface area (Å²) in [5, 5.41) is 10.4. The van der Waals surface area contributed by atoms with Crippen molar-refractivity contribution in [1.29, 1.82) is 0 Å². The molecular formula is C14H19FO5. The Morgan fingerprint density at radius 1 is 1.10 bits per heavy atom. The highest BCUT2D eigenvalue weighted by Crippen LogP contribution is 2.46. The van der Waals surface area contributed by atoms with Crippen molar-refractivity contribution in [2.75, 3.05) is 27.8 Å². The van der Waals surface area contributed by atoms with Crippen molar-refractivity contribution in [1.82, 2.24) is 0 Å². The topological polar surface area (TPSA) is 57.2 Å². The second-order valence-corrected chi connectivity index (χ2v) is 4.77. The van der Waals surface area contributed by atoms with Gasteiger partial charge in [0.25, 0.3) is 0 Å². The highest BCUT2D eigenvalue weighted by Gasteiger charge is 2.39. The van der Waals surface area contributed by atoms with Crippen LogP contribution in [0.4, 0.5) is 4.39 Å². The molecule has 1 aromatic carbocycles. The van der Waals surface area contributed by atoms with E-state index in [4.69, 9.17) is 18.9 Å². The molecule has 5 nitrogen and oxygen atoms in total. The quantitative estimate of drug-likeness (QED) is 0.778. The number of hydrogen-bond donors (Lipinski definition) is 1. The molecule has 20 heavy (non-hydrogen) atoms. The van der Waals surface area contributed by atoms with Crippen molar-refractivity contribution in [3.05, 3.63) is 23.5 Å². The molecule has 1 saturated carbocycles. The summed E-state index contributed by atoms with van der Waals surface area (Å²) >= 11 is 0. The van der Waals surface area contributed by atoms with Gasteiger partial charge in [0.05, 0.1) is 5.60 Å². The first kappa shape index (κ1) is 15.0. The molecule has 0 spiro atoms. The molecule has 0 amide bonds. The van der Waals surface area contributed by atoms with Gasteiger partial charge in [0.2, 0.25) is 0 Å². The maximum absolute atomic E-state index is 14.0. The molecule has 0 bridgehead atoms. The van der Waals surface area contributed by atoms with E-state index in [1.807, 2.05) is 0 Å². The Kier molecular flexibility index (Phi) is 4.80. The van der Waals surface area contributed by atoms with Crippen LogP contribution in [0, 0.1) is 5.82 Å². The number of rotatable bonds is 7. The molecular weight excluding hydrogens is 267 g/mol. The van der Waals surface area contributed by atoms with Crippen LogP contribution in [0.15, 0.2) is 12.1 Å².